The second-order valence-electron chi connectivity index (χ2n) is 2.91. The third-order valence-electron chi connectivity index (χ3n) is 1.80. The molecule has 1 N–H and O–H groups in total. The fourth-order valence-electron chi connectivity index (χ4n) is 1.17. The maximum Gasteiger partial charge on any atom is 0.113 e. The molecule has 1 rings (SSSR count). The SMILES string of the molecule is C=C1CCCCC1OO.C=CC. The molecule has 1 atom stereocenters. The van der Waals surface area contributed by atoms with E-state index in [0.717, 1.165) is 24.8 Å². The Bertz CT molecular complexity index is 141. The highest BCUT2D eigenvalue weighted by molar-refractivity contribution is 5.04. The van der Waals surface area contributed by atoms with Crippen LogP contribution >= 0.6 is 0 Å². The molecule has 0 saturated heterocycles. The van der Waals surface area contributed by atoms with E-state index in [-0.39, 0.29) is 6.10 Å². The second-order valence-corrected chi connectivity index (χ2v) is 2.91. The van der Waals surface area contributed by atoms with Crippen molar-refractivity contribution in [1.29, 1.82) is 0 Å². The molecule has 1 saturated carbocycles. The Balaban J connectivity index is 0.000000354. The Hall–Kier alpha value is -0.600. The largest absolute Gasteiger partial charge is 0.251 e. The Morgan fingerprint density at radius 2 is 2.17 bits per heavy atom. The molecule has 2 heteroatoms. The third-order valence-corrected chi connectivity index (χ3v) is 1.80. The van der Waals surface area contributed by atoms with Gasteiger partial charge in [0.2, 0.25) is 0 Å². The molecule has 0 aromatic carbocycles. The summed E-state index contributed by atoms with van der Waals surface area (Å²) in [6.45, 7) is 9.03. The number of hydrogen-bond donors (Lipinski definition) is 1. The van der Waals surface area contributed by atoms with E-state index in [4.69, 9.17) is 5.26 Å². The van der Waals surface area contributed by atoms with Gasteiger partial charge in [-0.3, -0.25) is 5.26 Å². The molecule has 0 aliphatic heterocycles. The van der Waals surface area contributed by atoms with Gasteiger partial charge in [0.1, 0.15) is 6.10 Å². The maximum atomic E-state index is 8.30. The van der Waals surface area contributed by atoms with Gasteiger partial charge in [-0.25, -0.2) is 4.89 Å². The summed E-state index contributed by atoms with van der Waals surface area (Å²) in [4.78, 5) is 4.20. The smallest absolute Gasteiger partial charge is 0.113 e. The zero-order valence-corrected chi connectivity index (χ0v) is 7.75. The van der Waals surface area contributed by atoms with Crippen LogP contribution in [0.1, 0.15) is 32.6 Å². The summed E-state index contributed by atoms with van der Waals surface area (Å²) in [6, 6.07) is 0. The molecule has 2 nitrogen and oxygen atoms in total. The van der Waals surface area contributed by atoms with Gasteiger partial charge in [-0.2, -0.15) is 0 Å². The first kappa shape index (κ1) is 11.4. The highest BCUT2D eigenvalue weighted by atomic mass is 17.1. The number of hydrogen-bond acceptors (Lipinski definition) is 2. The highest BCUT2D eigenvalue weighted by Crippen LogP contribution is 2.23. The lowest BCUT2D eigenvalue weighted by Gasteiger charge is -2.20. The lowest BCUT2D eigenvalue weighted by molar-refractivity contribution is -0.271. The molecule has 1 unspecified atom stereocenters. The van der Waals surface area contributed by atoms with Crippen LogP contribution < -0.4 is 0 Å². The molecule has 0 aromatic rings. The normalized spacial score (nSPS) is 22.5. The molecule has 0 bridgehead atoms. The van der Waals surface area contributed by atoms with Crippen LogP contribution in [0, 0.1) is 0 Å². The van der Waals surface area contributed by atoms with E-state index in [1.807, 2.05) is 6.92 Å². The molecular weight excluding hydrogens is 152 g/mol. The Morgan fingerprint density at radius 1 is 1.58 bits per heavy atom. The van der Waals surface area contributed by atoms with Crippen molar-refractivity contribution < 1.29 is 10.1 Å². The van der Waals surface area contributed by atoms with E-state index >= 15 is 0 Å². The predicted molar refractivity (Wildman–Crippen MR) is 51.0 cm³/mol. The zero-order chi connectivity index (χ0) is 9.40. The summed E-state index contributed by atoms with van der Waals surface area (Å²) >= 11 is 0. The van der Waals surface area contributed by atoms with Crippen molar-refractivity contribution in [3.8, 4) is 0 Å². The lowest BCUT2D eigenvalue weighted by atomic mass is 9.94. The first-order chi connectivity index (χ1) is 5.76. The van der Waals surface area contributed by atoms with Crippen molar-refractivity contribution in [2.75, 3.05) is 0 Å². The van der Waals surface area contributed by atoms with Gasteiger partial charge in [0.25, 0.3) is 0 Å². The lowest BCUT2D eigenvalue weighted by Crippen LogP contribution is -2.17. The monoisotopic (exact) mass is 170 g/mol. The van der Waals surface area contributed by atoms with Gasteiger partial charge in [-0.1, -0.05) is 19.1 Å². The number of rotatable bonds is 1. The Kier molecular flexibility index (Phi) is 6.72. The summed E-state index contributed by atoms with van der Waals surface area (Å²) in [5, 5.41) is 8.30. The van der Waals surface area contributed by atoms with Crippen LogP contribution in [0.5, 0.6) is 0 Å². The van der Waals surface area contributed by atoms with Crippen molar-refractivity contribution in [2.24, 2.45) is 0 Å². The molecular formula is C10H18O2. The standard InChI is InChI=1S/C7H12O2.C3H6/c1-6-4-2-3-5-7(6)9-8;1-3-2/h7-8H,1-5H2;3H,1H2,2H3. The van der Waals surface area contributed by atoms with Crippen LogP contribution in [0.2, 0.25) is 0 Å². The van der Waals surface area contributed by atoms with Gasteiger partial charge < -0.3 is 0 Å². The molecule has 0 aromatic heterocycles. The molecule has 1 aliphatic rings. The summed E-state index contributed by atoms with van der Waals surface area (Å²) in [5.41, 5.74) is 1.03. The maximum absolute atomic E-state index is 8.30. The Morgan fingerprint density at radius 3 is 2.50 bits per heavy atom. The molecule has 0 spiro atoms. The van der Waals surface area contributed by atoms with Gasteiger partial charge in [-0.15, -0.1) is 6.58 Å². The fourth-order valence-corrected chi connectivity index (χ4v) is 1.17. The van der Waals surface area contributed by atoms with Crippen molar-refractivity contribution in [2.45, 2.75) is 38.7 Å². The summed E-state index contributed by atoms with van der Waals surface area (Å²) < 4.78 is 0. The minimum Gasteiger partial charge on any atom is -0.251 e. The molecule has 12 heavy (non-hydrogen) atoms. The van der Waals surface area contributed by atoms with Gasteiger partial charge in [0.15, 0.2) is 0 Å². The topological polar surface area (TPSA) is 29.5 Å². The molecule has 0 amide bonds. The van der Waals surface area contributed by atoms with Crippen LogP contribution in [-0.4, -0.2) is 11.4 Å². The van der Waals surface area contributed by atoms with Gasteiger partial charge in [0, 0.05) is 0 Å². The van der Waals surface area contributed by atoms with E-state index < -0.39 is 0 Å². The van der Waals surface area contributed by atoms with Crippen LogP contribution in [0.3, 0.4) is 0 Å². The van der Waals surface area contributed by atoms with Gasteiger partial charge >= 0.3 is 0 Å². The van der Waals surface area contributed by atoms with Crippen molar-refractivity contribution in [3.05, 3.63) is 24.8 Å². The van der Waals surface area contributed by atoms with Crippen molar-refractivity contribution in [3.63, 3.8) is 0 Å². The zero-order valence-electron chi connectivity index (χ0n) is 7.75. The van der Waals surface area contributed by atoms with Crippen molar-refractivity contribution >= 4 is 0 Å². The van der Waals surface area contributed by atoms with Crippen LogP contribution in [-0.2, 0) is 4.89 Å². The first-order valence-electron chi connectivity index (χ1n) is 4.31. The van der Waals surface area contributed by atoms with E-state index in [9.17, 15) is 0 Å². The molecule has 0 heterocycles. The highest BCUT2D eigenvalue weighted by Gasteiger charge is 2.16. The van der Waals surface area contributed by atoms with Crippen LogP contribution in [0.15, 0.2) is 24.8 Å². The molecule has 0 radical (unpaired) electrons. The van der Waals surface area contributed by atoms with E-state index in [0.29, 0.717) is 0 Å². The van der Waals surface area contributed by atoms with Crippen LogP contribution in [0.25, 0.3) is 0 Å². The summed E-state index contributed by atoms with van der Waals surface area (Å²) in [5.74, 6) is 0. The van der Waals surface area contributed by atoms with E-state index in [1.165, 1.54) is 6.42 Å². The Labute approximate surface area is 74.5 Å². The molecule has 70 valence electrons. The van der Waals surface area contributed by atoms with Gasteiger partial charge in [0.05, 0.1) is 0 Å². The van der Waals surface area contributed by atoms with E-state index in [1.54, 1.807) is 6.08 Å². The molecule has 1 aliphatic carbocycles. The quantitative estimate of drug-likeness (QED) is 0.372. The fraction of sp³-hybridized carbons (Fsp3) is 0.600. The minimum absolute atomic E-state index is 0.0845. The first-order valence-corrected chi connectivity index (χ1v) is 4.31. The van der Waals surface area contributed by atoms with Crippen LogP contribution in [0.4, 0.5) is 0 Å². The average molecular weight is 170 g/mol. The van der Waals surface area contributed by atoms with Crippen molar-refractivity contribution in [1.82, 2.24) is 0 Å². The third kappa shape index (κ3) is 4.31. The van der Waals surface area contributed by atoms with Gasteiger partial charge in [-0.05, 0) is 31.8 Å². The summed E-state index contributed by atoms with van der Waals surface area (Å²) in [6.07, 6.45) is 5.93. The average Bonchev–Trinajstić information content (AvgIpc) is 2.07. The van der Waals surface area contributed by atoms with E-state index in [2.05, 4.69) is 18.0 Å². The minimum atomic E-state index is -0.0845. The molecule has 1 fully saturated rings. The number of allylic oxidation sites excluding steroid dienone is 1. The second kappa shape index (κ2) is 7.07. The predicted octanol–water partition coefficient (Wildman–Crippen LogP) is 3.17. The summed E-state index contributed by atoms with van der Waals surface area (Å²) in [7, 11) is 0.